The number of carbonyl (C=O) groups excluding carboxylic acids is 1. The molecular formula is C22H18N4O6. The van der Waals surface area contributed by atoms with Gasteiger partial charge in [0.1, 0.15) is 6.54 Å². The fraction of sp³-hybridized carbons (Fsp3) is 0.136. The van der Waals surface area contributed by atoms with Crippen LogP contribution in [0.25, 0.3) is 4.85 Å². The molecule has 0 aliphatic heterocycles. The highest BCUT2D eigenvalue weighted by atomic mass is 16.4. The molecule has 0 atom stereocenters. The number of carbonyl (C=O) groups is 2. The second kappa shape index (κ2) is 9.44. The molecule has 32 heavy (non-hydrogen) atoms. The maximum atomic E-state index is 13.1. The molecular weight excluding hydrogens is 416 g/mol. The topological polar surface area (TPSA) is 135 Å². The van der Waals surface area contributed by atoms with E-state index in [0.29, 0.717) is 16.8 Å². The Labute approximate surface area is 181 Å². The average Bonchev–Trinajstić information content (AvgIpc) is 2.79. The van der Waals surface area contributed by atoms with Gasteiger partial charge in [-0.2, -0.15) is 0 Å². The number of aromatic nitrogens is 2. The molecule has 0 aliphatic carbocycles. The molecule has 1 amide bonds. The number of aromatic hydroxyl groups is 1. The number of hydrogen-bond acceptors (Lipinski definition) is 5. The molecule has 0 unspecified atom stereocenters. The first-order valence-corrected chi connectivity index (χ1v) is 9.38. The molecule has 0 saturated heterocycles. The van der Waals surface area contributed by atoms with E-state index >= 15 is 0 Å². The van der Waals surface area contributed by atoms with Gasteiger partial charge < -0.3 is 15.5 Å². The first-order valence-electron chi connectivity index (χ1n) is 9.38. The summed E-state index contributed by atoms with van der Waals surface area (Å²) in [6.45, 7) is 5.96. The summed E-state index contributed by atoms with van der Waals surface area (Å²) in [5, 5.41) is 21.5. The maximum absolute atomic E-state index is 13.1. The van der Waals surface area contributed by atoms with Crippen molar-refractivity contribution in [2.75, 3.05) is 6.54 Å². The zero-order valence-electron chi connectivity index (χ0n) is 16.7. The Morgan fingerprint density at radius 1 is 0.969 bits per heavy atom. The number of amides is 1. The lowest BCUT2D eigenvalue weighted by molar-refractivity contribution is -0.135. The van der Waals surface area contributed by atoms with E-state index in [1.807, 2.05) is 5.32 Å². The van der Waals surface area contributed by atoms with Crippen LogP contribution < -0.4 is 16.6 Å². The maximum Gasteiger partial charge on any atom is 0.334 e. The van der Waals surface area contributed by atoms with E-state index in [1.165, 1.54) is 6.07 Å². The Kier molecular flexibility index (Phi) is 6.50. The SMILES string of the molecule is [C-]#[N+]c1cccc(Cn2c(O)c(C(=O)NCC(=O)O)c(=O)n(Cc3ccccc3)c2=O)c1. The zero-order chi connectivity index (χ0) is 23.3. The summed E-state index contributed by atoms with van der Waals surface area (Å²) in [5.74, 6) is -3.35. The van der Waals surface area contributed by atoms with Crippen molar-refractivity contribution >= 4 is 17.6 Å². The second-order valence-corrected chi connectivity index (χ2v) is 6.80. The van der Waals surface area contributed by atoms with Gasteiger partial charge in [-0.3, -0.25) is 23.5 Å². The molecule has 3 rings (SSSR count). The van der Waals surface area contributed by atoms with E-state index in [0.717, 1.165) is 9.13 Å². The van der Waals surface area contributed by atoms with Crippen molar-refractivity contribution in [3.05, 3.63) is 104 Å². The van der Waals surface area contributed by atoms with Gasteiger partial charge in [0, 0.05) is 0 Å². The normalized spacial score (nSPS) is 10.3. The number of nitrogens with zero attached hydrogens (tertiary/aromatic N) is 3. The Morgan fingerprint density at radius 3 is 2.28 bits per heavy atom. The fourth-order valence-electron chi connectivity index (χ4n) is 3.09. The minimum Gasteiger partial charge on any atom is -0.494 e. The number of aliphatic carboxylic acids is 1. The standard InChI is InChI=1S/C22H18N4O6/c1-23-16-9-5-8-15(10-16)13-26-21(31)18(19(29)24-11-17(27)28)20(30)25(22(26)32)12-14-6-3-2-4-7-14/h2-10,31H,11-13H2,(H,24,29)(H,27,28). The Hall–Kier alpha value is -4.65. The highest BCUT2D eigenvalue weighted by Crippen LogP contribution is 2.17. The van der Waals surface area contributed by atoms with Gasteiger partial charge in [-0.15, -0.1) is 0 Å². The number of hydrogen-bond donors (Lipinski definition) is 3. The van der Waals surface area contributed by atoms with Gasteiger partial charge in [0.05, 0.1) is 19.7 Å². The molecule has 162 valence electrons. The van der Waals surface area contributed by atoms with E-state index in [2.05, 4.69) is 4.85 Å². The smallest absolute Gasteiger partial charge is 0.334 e. The van der Waals surface area contributed by atoms with Gasteiger partial charge in [-0.1, -0.05) is 54.6 Å². The number of carboxylic acid groups (broad SMARTS) is 1. The fourth-order valence-corrected chi connectivity index (χ4v) is 3.09. The minimum atomic E-state index is -1.34. The number of benzene rings is 2. The summed E-state index contributed by atoms with van der Waals surface area (Å²) in [7, 11) is 0. The van der Waals surface area contributed by atoms with Crippen LogP contribution in [0.2, 0.25) is 0 Å². The monoisotopic (exact) mass is 434 g/mol. The van der Waals surface area contributed by atoms with Crippen LogP contribution >= 0.6 is 0 Å². The third-order valence-corrected chi connectivity index (χ3v) is 4.59. The van der Waals surface area contributed by atoms with Crippen molar-refractivity contribution in [2.24, 2.45) is 0 Å². The molecule has 2 aromatic carbocycles. The summed E-state index contributed by atoms with van der Waals surface area (Å²) >= 11 is 0. The van der Waals surface area contributed by atoms with Crippen molar-refractivity contribution in [2.45, 2.75) is 13.1 Å². The molecule has 0 bridgehead atoms. The highest BCUT2D eigenvalue weighted by molar-refractivity contribution is 5.97. The van der Waals surface area contributed by atoms with Gasteiger partial charge in [0.25, 0.3) is 11.5 Å². The van der Waals surface area contributed by atoms with Crippen LogP contribution in [-0.4, -0.2) is 37.8 Å². The molecule has 0 aliphatic rings. The van der Waals surface area contributed by atoms with Gasteiger partial charge in [0.2, 0.25) is 5.88 Å². The van der Waals surface area contributed by atoms with Crippen LogP contribution in [0.1, 0.15) is 21.5 Å². The quantitative estimate of drug-likeness (QED) is 0.478. The first-order chi connectivity index (χ1) is 15.3. The summed E-state index contributed by atoms with van der Waals surface area (Å²) < 4.78 is 1.63. The van der Waals surface area contributed by atoms with Crippen LogP contribution in [0.3, 0.4) is 0 Å². The highest BCUT2D eigenvalue weighted by Gasteiger charge is 2.25. The van der Waals surface area contributed by atoms with Crippen molar-refractivity contribution in [1.29, 1.82) is 0 Å². The third-order valence-electron chi connectivity index (χ3n) is 4.59. The molecule has 1 heterocycles. The molecule has 0 spiro atoms. The molecule has 10 heteroatoms. The lowest BCUT2D eigenvalue weighted by Gasteiger charge is -2.16. The van der Waals surface area contributed by atoms with Crippen LogP contribution in [0.4, 0.5) is 5.69 Å². The van der Waals surface area contributed by atoms with Crippen LogP contribution in [0, 0.1) is 6.57 Å². The van der Waals surface area contributed by atoms with Crippen molar-refractivity contribution < 1.29 is 19.8 Å². The van der Waals surface area contributed by atoms with E-state index in [1.54, 1.807) is 48.5 Å². The van der Waals surface area contributed by atoms with Gasteiger partial charge in [0.15, 0.2) is 11.3 Å². The zero-order valence-corrected chi connectivity index (χ0v) is 16.7. The van der Waals surface area contributed by atoms with Crippen molar-refractivity contribution in [3.8, 4) is 5.88 Å². The summed E-state index contributed by atoms with van der Waals surface area (Å²) in [5.41, 5.74) is -1.26. The summed E-state index contributed by atoms with van der Waals surface area (Å²) in [4.78, 5) is 52.7. The van der Waals surface area contributed by atoms with E-state index in [-0.39, 0.29) is 13.1 Å². The second-order valence-electron chi connectivity index (χ2n) is 6.80. The Morgan fingerprint density at radius 2 is 1.62 bits per heavy atom. The van der Waals surface area contributed by atoms with E-state index < -0.39 is 41.1 Å². The summed E-state index contributed by atoms with van der Waals surface area (Å²) in [6, 6.07) is 14.9. The minimum absolute atomic E-state index is 0.167. The Bertz CT molecular complexity index is 1340. The molecule has 1 aromatic heterocycles. The summed E-state index contributed by atoms with van der Waals surface area (Å²) in [6.07, 6.45) is 0. The molecule has 3 aromatic rings. The predicted octanol–water partition coefficient (Wildman–Crippen LogP) is 1.18. The number of carboxylic acids is 1. The van der Waals surface area contributed by atoms with Crippen molar-refractivity contribution in [3.63, 3.8) is 0 Å². The number of nitrogens with one attached hydrogen (secondary N) is 1. The molecule has 0 saturated carbocycles. The van der Waals surface area contributed by atoms with Crippen LogP contribution in [-0.2, 0) is 17.9 Å². The van der Waals surface area contributed by atoms with Gasteiger partial charge >= 0.3 is 11.7 Å². The van der Waals surface area contributed by atoms with Crippen molar-refractivity contribution in [1.82, 2.24) is 14.5 Å². The van der Waals surface area contributed by atoms with Crippen LogP contribution in [0.5, 0.6) is 5.88 Å². The lowest BCUT2D eigenvalue weighted by atomic mass is 10.2. The molecule has 0 radical (unpaired) electrons. The lowest BCUT2D eigenvalue weighted by Crippen LogP contribution is -2.45. The Balaban J connectivity index is 2.17. The van der Waals surface area contributed by atoms with Gasteiger partial charge in [-0.25, -0.2) is 9.64 Å². The van der Waals surface area contributed by atoms with E-state index in [9.17, 15) is 24.3 Å². The molecule has 3 N–H and O–H groups in total. The first kappa shape index (κ1) is 22.0. The van der Waals surface area contributed by atoms with Crippen LogP contribution in [0.15, 0.2) is 64.2 Å². The van der Waals surface area contributed by atoms with E-state index in [4.69, 9.17) is 11.7 Å². The average molecular weight is 434 g/mol. The predicted molar refractivity (Wildman–Crippen MR) is 114 cm³/mol. The third kappa shape index (κ3) is 4.73. The largest absolute Gasteiger partial charge is 0.494 e. The number of rotatable bonds is 7. The van der Waals surface area contributed by atoms with Gasteiger partial charge in [-0.05, 0) is 11.1 Å². The molecule has 0 fully saturated rings. The molecule has 10 nitrogen and oxygen atoms in total.